The highest BCUT2D eigenvalue weighted by atomic mass is 35.5. The van der Waals surface area contributed by atoms with E-state index in [1.807, 2.05) is 35.2 Å². The van der Waals surface area contributed by atoms with Crippen LogP contribution in [0.1, 0.15) is 43.4 Å². The fourth-order valence-corrected chi connectivity index (χ4v) is 5.01. The molecular weight excluding hydrogens is 388 g/mol. The van der Waals surface area contributed by atoms with E-state index < -0.39 is 0 Å². The van der Waals surface area contributed by atoms with Gasteiger partial charge >= 0.3 is 6.09 Å². The van der Waals surface area contributed by atoms with Crippen molar-refractivity contribution in [2.45, 2.75) is 50.8 Å². The molecule has 0 atom stereocenters. The van der Waals surface area contributed by atoms with E-state index in [9.17, 15) is 4.79 Å². The van der Waals surface area contributed by atoms with Crippen LogP contribution in [0, 0.1) is 0 Å². The minimum Gasteiger partial charge on any atom is -0.445 e. The molecule has 2 aliphatic rings. The number of rotatable bonds is 2. The summed E-state index contributed by atoms with van der Waals surface area (Å²) in [6, 6.07) is 11.9. The molecule has 5 rings (SSSR count). The molecule has 2 aromatic heterocycles. The molecule has 3 aromatic rings. The van der Waals surface area contributed by atoms with Crippen LogP contribution in [0.2, 0.25) is 5.28 Å². The van der Waals surface area contributed by atoms with E-state index in [2.05, 4.69) is 20.6 Å². The van der Waals surface area contributed by atoms with Crippen molar-refractivity contribution in [1.29, 1.82) is 0 Å². The summed E-state index contributed by atoms with van der Waals surface area (Å²) in [5.41, 5.74) is 2.78. The number of hydrogen-bond acceptors (Lipinski definition) is 4. The molecule has 7 heteroatoms. The second-order valence-electron chi connectivity index (χ2n) is 8.07. The standard InChI is InChI=1S/C22H23ClN4O2/c23-20-24-12-17-11-18-13-26(21(28)29-14-16-7-3-1-4-8-16)15-22(9-5-2-6-10-22)27(18)19(17)25-20/h1,3-4,7-8,11-12H,2,5-6,9-10,13-15H2. The van der Waals surface area contributed by atoms with Gasteiger partial charge in [-0.05, 0) is 36.1 Å². The highest BCUT2D eigenvalue weighted by molar-refractivity contribution is 6.28. The third kappa shape index (κ3) is 3.35. The monoisotopic (exact) mass is 410 g/mol. The van der Waals surface area contributed by atoms with Crippen LogP contribution in [0.4, 0.5) is 4.79 Å². The normalized spacial score (nSPS) is 18.0. The molecule has 1 fully saturated rings. The van der Waals surface area contributed by atoms with Gasteiger partial charge in [-0.15, -0.1) is 0 Å². The number of fused-ring (bicyclic) bond motifs is 4. The molecule has 1 saturated carbocycles. The minimum absolute atomic E-state index is 0.156. The highest BCUT2D eigenvalue weighted by Gasteiger charge is 2.43. The molecule has 3 heterocycles. The lowest BCUT2D eigenvalue weighted by atomic mass is 9.79. The maximum absolute atomic E-state index is 12.9. The van der Waals surface area contributed by atoms with Crippen LogP contribution in [0.25, 0.3) is 11.0 Å². The number of hydrogen-bond donors (Lipinski definition) is 0. The second kappa shape index (κ2) is 7.34. The van der Waals surface area contributed by atoms with Crippen molar-refractivity contribution >= 4 is 28.7 Å². The summed E-state index contributed by atoms with van der Waals surface area (Å²) in [6.07, 6.45) is 7.06. The first-order valence-electron chi connectivity index (χ1n) is 10.1. The van der Waals surface area contributed by atoms with E-state index in [1.54, 1.807) is 6.20 Å². The zero-order valence-electron chi connectivity index (χ0n) is 16.2. The molecule has 0 radical (unpaired) electrons. The molecule has 0 bridgehead atoms. The first kappa shape index (κ1) is 18.4. The van der Waals surface area contributed by atoms with Gasteiger partial charge in [0.25, 0.3) is 0 Å². The van der Waals surface area contributed by atoms with Crippen LogP contribution in [0.5, 0.6) is 0 Å². The zero-order valence-corrected chi connectivity index (χ0v) is 16.9. The minimum atomic E-state index is -0.264. The Morgan fingerprint density at radius 1 is 1.17 bits per heavy atom. The fraction of sp³-hybridized carbons (Fsp3) is 0.409. The summed E-state index contributed by atoms with van der Waals surface area (Å²) >= 11 is 6.10. The molecule has 150 valence electrons. The Hall–Kier alpha value is -2.60. The highest BCUT2D eigenvalue weighted by Crippen LogP contribution is 2.42. The smallest absolute Gasteiger partial charge is 0.410 e. The van der Waals surface area contributed by atoms with Crippen LogP contribution >= 0.6 is 11.6 Å². The first-order valence-corrected chi connectivity index (χ1v) is 10.5. The average molecular weight is 411 g/mol. The third-order valence-corrected chi connectivity index (χ3v) is 6.33. The van der Waals surface area contributed by atoms with Gasteiger partial charge in [0, 0.05) is 23.8 Å². The lowest BCUT2D eigenvalue weighted by molar-refractivity contribution is 0.0465. The number of carbonyl (C=O) groups is 1. The van der Waals surface area contributed by atoms with Crippen molar-refractivity contribution < 1.29 is 9.53 Å². The van der Waals surface area contributed by atoms with Gasteiger partial charge in [-0.3, -0.25) is 0 Å². The molecule has 1 aromatic carbocycles. The van der Waals surface area contributed by atoms with Gasteiger partial charge < -0.3 is 14.2 Å². The predicted octanol–water partition coefficient (Wildman–Crippen LogP) is 4.90. The Morgan fingerprint density at radius 2 is 1.97 bits per heavy atom. The number of amides is 1. The summed E-state index contributed by atoms with van der Waals surface area (Å²) in [5, 5.41) is 1.22. The molecule has 0 unspecified atom stereocenters. The Morgan fingerprint density at radius 3 is 2.76 bits per heavy atom. The molecule has 1 spiro atoms. The maximum atomic E-state index is 12.9. The number of ether oxygens (including phenoxy) is 1. The molecule has 0 saturated heterocycles. The van der Waals surface area contributed by atoms with Crippen LogP contribution in [0.15, 0.2) is 42.6 Å². The summed E-state index contributed by atoms with van der Waals surface area (Å²) in [4.78, 5) is 23.4. The average Bonchev–Trinajstić information content (AvgIpc) is 3.12. The molecule has 29 heavy (non-hydrogen) atoms. The molecule has 1 aliphatic carbocycles. The lowest BCUT2D eigenvalue weighted by Crippen LogP contribution is -2.53. The third-order valence-electron chi connectivity index (χ3n) is 6.15. The maximum Gasteiger partial charge on any atom is 0.410 e. The zero-order chi connectivity index (χ0) is 19.8. The Labute approximate surface area is 174 Å². The van der Waals surface area contributed by atoms with Crippen LogP contribution in [-0.4, -0.2) is 32.1 Å². The van der Waals surface area contributed by atoms with Gasteiger partial charge in [-0.1, -0.05) is 49.6 Å². The largest absolute Gasteiger partial charge is 0.445 e. The Kier molecular flexibility index (Phi) is 4.66. The van der Waals surface area contributed by atoms with Crippen molar-refractivity contribution in [2.75, 3.05) is 6.54 Å². The van der Waals surface area contributed by atoms with E-state index in [0.717, 1.165) is 48.0 Å². The summed E-state index contributed by atoms with van der Waals surface area (Å²) in [7, 11) is 0. The summed E-state index contributed by atoms with van der Waals surface area (Å²) in [6.45, 7) is 1.43. The van der Waals surface area contributed by atoms with Crippen molar-refractivity contribution in [3.63, 3.8) is 0 Å². The van der Waals surface area contributed by atoms with Crippen molar-refractivity contribution in [3.8, 4) is 0 Å². The number of aromatic nitrogens is 3. The Bertz CT molecular complexity index is 1040. The first-order chi connectivity index (χ1) is 14.1. The van der Waals surface area contributed by atoms with E-state index >= 15 is 0 Å². The molecule has 0 N–H and O–H groups in total. The summed E-state index contributed by atoms with van der Waals surface area (Å²) in [5.74, 6) is 0. The molecule has 1 amide bonds. The van der Waals surface area contributed by atoms with E-state index in [-0.39, 0.29) is 23.5 Å². The van der Waals surface area contributed by atoms with Crippen molar-refractivity contribution in [3.05, 3.63) is 59.1 Å². The van der Waals surface area contributed by atoms with E-state index in [1.165, 1.54) is 6.42 Å². The van der Waals surface area contributed by atoms with Crippen molar-refractivity contribution in [1.82, 2.24) is 19.4 Å². The number of benzene rings is 1. The van der Waals surface area contributed by atoms with Gasteiger partial charge in [0.05, 0.1) is 12.1 Å². The quantitative estimate of drug-likeness (QED) is 0.564. The molecule has 6 nitrogen and oxygen atoms in total. The fourth-order valence-electron chi connectivity index (χ4n) is 4.88. The van der Waals surface area contributed by atoms with E-state index in [4.69, 9.17) is 16.3 Å². The SMILES string of the molecule is O=C(OCc1ccccc1)N1Cc2cc3cnc(Cl)nc3n2C2(CCCCC2)C1. The summed E-state index contributed by atoms with van der Waals surface area (Å²) < 4.78 is 7.97. The van der Waals surface area contributed by atoms with Crippen LogP contribution < -0.4 is 0 Å². The second-order valence-corrected chi connectivity index (χ2v) is 8.41. The lowest BCUT2D eigenvalue weighted by Gasteiger charge is -2.46. The van der Waals surface area contributed by atoms with Gasteiger partial charge in [0.2, 0.25) is 5.28 Å². The van der Waals surface area contributed by atoms with Gasteiger partial charge in [0.1, 0.15) is 12.3 Å². The number of halogens is 1. The van der Waals surface area contributed by atoms with Crippen molar-refractivity contribution in [2.24, 2.45) is 0 Å². The topological polar surface area (TPSA) is 60.2 Å². The predicted molar refractivity (Wildman–Crippen MR) is 111 cm³/mol. The number of nitrogens with zero attached hydrogens (tertiary/aromatic N) is 4. The van der Waals surface area contributed by atoms with Crippen LogP contribution in [-0.2, 0) is 23.4 Å². The van der Waals surface area contributed by atoms with E-state index in [0.29, 0.717) is 13.1 Å². The van der Waals surface area contributed by atoms with Gasteiger partial charge in [0.15, 0.2) is 0 Å². The molecule has 1 aliphatic heterocycles. The Balaban J connectivity index is 1.47. The number of carbonyl (C=O) groups excluding carboxylic acids is 1. The van der Waals surface area contributed by atoms with Gasteiger partial charge in [-0.2, -0.15) is 4.98 Å². The molecular formula is C22H23ClN4O2. The van der Waals surface area contributed by atoms with Gasteiger partial charge in [-0.25, -0.2) is 9.78 Å². The van der Waals surface area contributed by atoms with Crippen LogP contribution in [0.3, 0.4) is 0 Å².